The topological polar surface area (TPSA) is 20.3 Å². The maximum Gasteiger partial charge on any atom is 0.225 e. The Morgan fingerprint density at radius 3 is 2.81 bits per heavy atom. The van der Waals surface area contributed by atoms with Crippen molar-refractivity contribution >= 4 is 17.7 Å². The molecular weight excluding hydrogens is 218 g/mol. The number of rotatable bonds is 3. The van der Waals surface area contributed by atoms with E-state index < -0.39 is 0 Å². The van der Waals surface area contributed by atoms with E-state index in [4.69, 9.17) is 0 Å². The van der Waals surface area contributed by atoms with E-state index in [1.165, 1.54) is 17.7 Å². The number of β-lactam (4-membered cyclic amide) rings is 1. The highest BCUT2D eigenvalue weighted by Gasteiger charge is 2.45. The van der Waals surface area contributed by atoms with Gasteiger partial charge in [0.05, 0.1) is 0 Å². The van der Waals surface area contributed by atoms with Crippen molar-refractivity contribution in [3.63, 3.8) is 0 Å². The van der Waals surface area contributed by atoms with Crippen LogP contribution in [0.15, 0.2) is 35.2 Å². The van der Waals surface area contributed by atoms with Crippen LogP contribution in [0.2, 0.25) is 0 Å². The highest BCUT2D eigenvalue weighted by atomic mass is 32.2. The molecule has 0 aliphatic carbocycles. The van der Waals surface area contributed by atoms with Gasteiger partial charge in [-0.3, -0.25) is 4.79 Å². The predicted octanol–water partition coefficient (Wildman–Crippen LogP) is 2.54. The molecule has 1 aromatic rings. The standard InChI is InChI=1S/C13H15NOS/c15-13-8-10-6-7-11(14(10)13)9-16-12-4-2-1-3-5-12/h1-5,10-11H,6-9H2/t10-,11-/m1/s1. The van der Waals surface area contributed by atoms with E-state index in [1.54, 1.807) is 0 Å². The van der Waals surface area contributed by atoms with Crippen LogP contribution in [-0.2, 0) is 4.79 Å². The zero-order valence-electron chi connectivity index (χ0n) is 9.13. The molecular formula is C13H15NOS. The number of fused-ring (bicyclic) bond motifs is 1. The van der Waals surface area contributed by atoms with Crippen molar-refractivity contribution in [2.45, 2.75) is 36.2 Å². The first kappa shape index (κ1) is 10.2. The monoisotopic (exact) mass is 233 g/mol. The first-order valence-corrected chi connectivity index (χ1v) is 6.82. The molecule has 2 nitrogen and oxygen atoms in total. The summed E-state index contributed by atoms with van der Waals surface area (Å²) in [6, 6.07) is 11.5. The smallest absolute Gasteiger partial charge is 0.225 e. The summed E-state index contributed by atoms with van der Waals surface area (Å²) >= 11 is 1.87. The van der Waals surface area contributed by atoms with E-state index in [0.29, 0.717) is 18.0 Å². The van der Waals surface area contributed by atoms with Crippen LogP contribution in [0, 0.1) is 0 Å². The molecule has 3 heteroatoms. The van der Waals surface area contributed by atoms with E-state index >= 15 is 0 Å². The highest BCUT2D eigenvalue weighted by Crippen LogP contribution is 2.37. The number of thioether (sulfide) groups is 1. The third-order valence-corrected chi connectivity index (χ3v) is 4.66. The van der Waals surface area contributed by atoms with Gasteiger partial charge >= 0.3 is 0 Å². The summed E-state index contributed by atoms with van der Waals surface area (Å²) in [5.74, 6) is 1.41. The van der Waals surface area contributed by atoms with Crippen molar-refractivity contribution in [3.05, 3.63) is 30.3 Å². The van der Waals surface area contributed by atoms with Crippen LogP contribution < -0.4 is 0 Å². The Morgan fingerprint density at radius 2 is 2.06 bits per heavy atom. The summed E-state index contributed by atoms with van der Waals surface area (Å²) in [5, 5.41) is 0. The lowest BCUT2D eigenvalue weighted by Crippen LogP contribution is -2.52. The summed E-state index contributed by atoms with van der Waals surface area (Å²) in [6.07, 6.45) is 3.20. The number of hydrogen-bond donors (Lipinski definition) is 0. The van der Waals surface area contributed by atoms with Gasteiger partial charge in [0.15, 0.2) is 0 Å². The Morgan fingerprint density at radius 1 is 1.25 bits per heavy atom. The second kappa shape index (κ2) is 4.13. The first-order valence-electron chi connectivity index (χ1n) is 5.83. The zero-order valence-corrected chi connectivity index (χ0v) is 9.95. The molecule has 2 aliphatic heterocycles. The van der Waals surface area contributed by atoms with E-state index in [0.717, 1.165) is 12.2 Å². The van der Waals surface area contributed by atoms with Crippen LogP contribution in [0.25, 0.3) is 0 Å². The van der Waals surface area contributed by atoms with Crippen molar-refractivity contribution in [2.75, 3.05) is 5.75 Å². The van der Waals surface area contributed by atoms with Gasteiger partial charge in [-0.15, -0.1) is 11.8 Å². The number of amides is 1. The number of carbonyl (C=O) groups excluding carboxylic acids is 1. The van der Waals surface area contributed by atoms with Gasteiger partial charge in [-0.25, -0.2) is 0 Å². The Labute approximate surface area is 100 Å². The van der Waals surface area contributed by atoms with E-state index in [-0.39, 0.29) is 0 Å². The minimum Gasteiger partial charge on any atom is -0.335 e. The molecule has 0 radical (unpaired) electrons. The Balaban J connectivity index is 1.58. The van der Waals surface area contributed by atoms with Crippen molar-refractivity contribution in [3.8, 4) is 0 Å². The van der Waals surface area contributed by atoms with Gasteiger partial charge in [-0.1, -0.05) is 18.2 Å². The highest BCUT2D eigenvalue weighted by molar-refractivity contribution is 7.99. The molecule has 16 heavy (non-hydrogen) atoms. The minimum absolute atomic E-state index is 0.362. The van der Waals surface area contributed by atoms with Gasteiger partial charge in [0.25, 0.3) is 0 Å². The summed E-state index contributed by atoms with van der Waals surface area (Å²) in [5.41, 5.74) is 0. The fourth-order valence-corrected chi connectivity index (χ4v) is 3.70. The van der Waals surface area contributed by atoms with Gasteiger partial charge in [0.1, 0.15) is 0 Å². The minimum atomic E-state index is 0.362. The lowest BCUT2D eigenvalue weighted by atomic mass is 10.0. The SMILES string of the molecule is O=C1C[C@H]2CC[C@H](CSc3ccccc3)N12. The van der Waals surface area contributed by atoms with Crippen LogP contribution in [-0.4, -0.2) is 28.6 Å². The predicted molar refractivity (Wildman–Crippen MR) is 65.4 cm³/mol. The number of benzene rings is 1. The third-order valence-electron chi connectivity index (χ3n) is 3.50. The fraction of sp³-hybridized carbons (Fsp3) is 0.462. The van der Waals surface area contributed by atoms with E-state index in [2.05, 4.69) is 29.2 Å². The molecule has 1 amide bonds. The largest absolute Gasteiger partial charge is 0.335 e. The molecule has 2 saturated heterocycles. The van der Waals surface area contributed by atoms with Crippen molar-refractivity contribution < 1.29 is 4.79 Å². The first-order chi connectivity index (χ1) is 7.84. The van der Waals surface area contributed by atoms with Crippen LogP contribution in [0.5, 0.6) is 0 Å². The summed E-state index contributed by atoms with van der Waals surface area (Å²) in [6.45, 7) is 0. The van der Waals surface area contributed by atoms with E-state index in [9.17, 15) is 4.79 Å². The van der Waals surface area contributed by atoms with Gasteiger partial charge in [-0.05, 0) is 25.0 Å². The molecule has 0 bridgehead atoms. The molecule has 1 aromatic carbocycles. The van der Waals surface area contributed by atoms with Crippen LogP contribution in [0.1, 0.15) is 19.3 Å². The lowest BCUT2D eigenvalue weighted by molar-refractivity contribution is -0.145. The zero-order chi connectivity index (χ0) is 11.0. The van der Waals surface area contributed by atoms with Gasteiger partial charge in [-0.2, -0.15) is 0 Å². The van der Waals surface area contributed by atoms with Crippen molar-refractivity contribution in [1.29, 1.82) is 0 Å². The molecule has 0 unspecified atom stereocenters. The summed E-state index contributed by atoms with van der Waals surface area (Å²) in [7, 11) is 0. The maximum absolute atomic E-state index is 11.5. The van der Waals surface area contributed by atoms with Crippen molar-refractivity contribution in [1.82, 2.24) is 4.90 Å². The Hall–Kier alpha value is -0.960. The summed E-state index contributed by atoms with van der Waals surface area (Å²) in [4.78, 5) is 14.9. The van der Waals surface area contributed by atoms with Crippen molar-refractivity contribution in [2.24, 2.45) is 0 Å². The van der Waals surface area contributed by atoms with Crippen LogP contribution >= 0.6 is 11.8 Å². The molecule has 3 rings (SSSR count). The normalized spacial score (nSPS) is 27.8. The van der Waals surface area contributed by atoms with Crippen LogP contribution in [0.4, 0.5) is 0 Å². The number of hydrogen-bond acceptors (Lipinski definition) is 2. The molecule has 0 saturated carbocycles. The van der Waals surface area contributed by atoms with Crippen LogP contribution in [0.3, 0.4) is 0 Å². The maximum atomic E-state index is 11.5. The fourth-order valence-electron chi connectivity index (χ4n) is 2.64. The molecule has 2 fully saturated rings. The lowest BCUT2D eigenvalue weighted by Gasteiger charge is -2.38. The Kier molecular flexibility index (Phi) is 2.64. The molecule has 84 valence electrons. The quantitative estimate of drug-likeness (QED) is 0.590. The molecule has 2 aliphatic rings. The molecule has 2 heterocycles. The molecule has 0 N–H and O–H groups in total. The molecule has 0 spiro atoms. The average molecular weight is 233 g/mol. The van der Waals surface area contributed by atoms with Gasteiger partial charge in [0.2, 0.25) is 5.91 Å². The second-order valence-corrected chi connectivity index (χ2v) is 5.61. The van der Waals surface area contributed by atoms with Gasteiger partial charge < -0.3 is 4.90 Å². The van der Waals surface area contributed by atoms with E-state index in [1.807, 2.05) is 17.8 Å². The molecule has 2 atom stereocenters. The Bertz CT molecular complexity index is 392. The average Bonchev–Trinajstić information content (AvgIpc) is 2.64. The third kappa shape index (κ3) is 1.73. The summed E-state index contributed by atoms with van der Waals surface area (Å²) < 4.78 is 0. The second-order valence-electron chi connectivity index (χ2n) is 4.51. The molecule has 0 aromatic heterocycles. The number of nitrogens with zero attached hydrogens (tertiary/aromatic N) is 1. The number of carbonyl (C=O) groups is 1. The van der Waals surface area contributed by atoms with Gasteiger partial charge in [0, 0.05) is 29.2 Å².